The van der Waals surface area contributed by atoms with Crippen LogP contribution in [0, 0.1) is 5.41 Å². The zero-order valence-corrected chi connectivity index (χ0v) is 18.4. The maximum Gasteiger partial charge on any atom is 0.441 e. The van der Waals surface area contributed by atoms with Gasteiger partial charge in [-0.1, -0.05) is 24.3 Å². The average molecular weight is 490 g/mol. The van der Waals surface area contributed by atoms with Gasteiger partial charge in [0.1, 0.15) is 19.0 Å². The molecule has 0 aliphatic carbocycles. The lowest BCUT2D eigenvalue weighted by Crippen LogP contribution is -2.35. The predicted molar refractivity (Wildman–Crippen MR) is 121 cm³/mol. The van der Waals surface area contributed by atoms with Crippen LogP contribution in [0.15, 0.2) is 64.2 Å². The molecule has 2 aromatic rings. The molecule has 0 saturated carbocycles. The van der Waals surface area contributed by atoms with E-state index >= 15 is 0 Å². The monoisotopic (exact) mass is 490 g/mol. The molecule has 12 heteroatoms. The van der Waals surface area contributed by atoms with Crippen LogP contribution in [0.3, 0.4) is 0 Å². The van der Waals surface area contributed by atoms with E-state index in [1.54, 1.807) is 18.2 Å². The van der Waals surface area contributed by atoms with Gasteiger partial charge in [-0.3, -0.25) is 10.2 Å². The molecule has 0 bridgehead atoms. The quantitative estimate of drug-likeness (QED) is 0.458. The van der Waals surface area contributed by atoms with Gasteiger partial charge in [0.25, 0.3) is 5.91 Å². The number of aliphatic imine (C=N–C) groups is 1. The first kappa shape index (κ1) is 23.4. The number of ether oxygens (including phenoxy) is 3. The molecule has 0 fully saturated rings. The lowest BCUT2D eigenvalue weighted by molar-refractivity contribution is -0.114. The largest absolute Gasteiger partial charge is 0.493 e. The van der Waals surface area contributed by atoms with Gasteiger partial charge >= 0.3 is 6.18 Å². The molecule has 2 aliphatic rings. The van der Waals surface area contributed by atoms with E-state index in [-0.39, 0.29) is 29.1 Å². The molecule has 176 valence electrons. The average Bonchev–Trinajstić information content (AvgIpc) is 3.25. The molecule has 2 aliphatic heterocycles. The van der Waals surface area contributed by atoms with Gasteiger partial charge in [-0.15, -0.1) is 0 Å². The fourth-order valence-electron chi connectivity index (χ4n) is 2.99. The number of carbonyl (C=O) groups is 1. The number of carbonyl (C=O) groups excluding carboxylic acids is 1. The SMILES string of the molecule is COc1cc(/C=C2\C(=N)N3N=C(C(F)(F)F)SC3=NC2=O)ccc1OCCOc1ccccc1. The highest BCUT2D eigenvalue weighted by Gasteiger charge is 2.46. The van der Waals surface area contributed by atoms with Crippen molar-refractivity contribution < 1.29 is 32.2 Å². The molecule has 2 aromatic carbocycles. The van der Waals surface area contributed by atoms with Gasteiger partial charge in [-0.2, -0.15) is 28.3 Å². The molecular formula is C22H17F3N4O4S. The number of methoxy groups -OCH3 is 1. The highest BCUT2D eigenvalue weighted by atomic mass is 32.2. The molecule has 34 heavy (non-hydrogen) atoms. The second kappa shape index (κ2) is 9.59. The Bertz CT molecular complexity index is 1210. The number of hydrogen-bond donors (Lipinski definition) is 1. The summed E-state index contributed by atoms with van der Waals surface area (Å²) in [7, 11) is 1.44. The summed E-state index contributed by atoms with van der Waals surface area (Å²) in [4.78, 5) is 16.0. The van der Waals surface area contributed by atoms with Crippen LogP contribution in [-0.2, 0) is 4.79 Å². The first-order valence-corrected chi connectivity index (χ1v) is 10.6. The summed E-state index contributed by atoms with van der Waals surface area (Å²) >= 11 is 0.199. The van der Waals surface area contributed by atoms with Crippen molar-refractivity contribution in [1.82, 2.24) is 5.01 Å². The van der Waals surface area contributed by atoms with E-state index in [0.29, 0.717) is 34.4 Å². The number of amides is 1. The lowest BCUT2D eigenvalue weighted by Gasteiger charge is -2.20. The van der Waals surface area contributed by atoms with Crippen molar-refractivity contribution in [3.8, 4) is 17.2 Å². The van der Waals surface area contributed by atoms with Crippen LogP contribution in [-0.4, -0.2) is 53.5 Å². The highest BCUT2D eigenvalue weighted by molar-refractivity contribution is 8.27. The minimum absolute atomic E-state index is 0.199. The molecule has 8 nitrogen and oxygen atoms in total. The Hall–Kier alpha value is -3.80. The summed E-state index contributed by atoms with van der Waals surface area (Å²) in [6, 6.07) is 14.1. The Balaban J connectivity index is 1.47. The van der Waals surface area contributed by atoms with Gasteiger partial charge in [-0.25, -0.2) is 0 Å². The first-order chi connectivity index (χ1) is 16.3. The Labute approximate surface area is 196 Å². The number of hydrogen-bond acceptors (Lipinski definition) is 7. The van der Waals surface area contributed by atoms with Crippen molar-refractivity contribution in [2.75, 3.05) is 20.3 Å². The topological polar surface area (TPSA) is 96.6 Å². The second-order valence-corrected chi connectivity index (χ2v) is 7.80. The third kappa shape index (κ3) is 5.06. The molecule has 4 rings (SSSR count). The summed E-state index contributed by atoms with van der Waals surface area (Å²) in [5, 5.41) is 10.8. The van der Waals surface area contributed by atoms with Gasteiger partial charge in [-0.05, 0) is 47.7 Å². The molecule has 0 spiro atoms. The van der Waals surface area contributed by atoms with Crippen molar-refractivity contribution in [2.45, 2.75) is 6.18 Å². The predicted octanol–water partition coefficient (Wildman–Crippen LogP) is 4.33. The standard InChI is InChI=1S/C22H17F3N4O4S/c1-31-17-12-13(7-8-16(17)33-10-9-32-14-5-3-2-4-6-14)11-15-18(26)29-21(27-19(15)30)34-20(28-29)22(23,24)25/h2-8,11-12,26H,9-10H2,1H3/b15-11+,26-18?. The minimum Gasteiger partial charge on any atom is -0.493 e. The van der Waals surface area contributed by atoms with Crippen LogP contribution in [0.25, 0.3) is 6.08 Å². The van der Waals surface area contributed by atoms with Crippen molar-refractivity contribution >= 4 is 39.8 Å². The number of rotatable bonds is 7. The van der Waals surface area contributed by atoms with Crippen LogP contribution >= 0.6 is 11.8 Å². The van der Waals surface area contributed by atoms with E-state index in [4.69, 9.17) is 19.6 Å². The molecule has 0 unspecified atom stereocenters. The number of halogens is 3. The molecule has 0 atom stereocenters. The van der Waals surface area contributed by atoms with Crippen molar-refractivity contribution in [3.63, 3.8) is 0 Å². The molecule has 0 saturated heterocycles. The maximum atomic E-state index is 13.0. The first-order valence-electron chi connectivity index (χ1n) is 9.82. The van der Waals surface area contributed by atoms with Crippen LogP contribution in [0.2, 0.25) is 0 Å². The summed E-state index contributed by atoms with van der Waals surface area (Å²) in [6.07, 6.45) is -3.37. The molecule has 0 radical (unpaired) electrons. The van der Waals surface area contributed by atoms with E-state index in [9.17, 15) is 18.0 Å². The van der Waals surface area contributed by atoms with Gasteiger partial charge in [0.15, 0.2) is 17.3 Å². The van der Waals surface area contributed by atoms with Gasteiger partial charge in [0, 0.05) is 0 Å². The molecular weight excluding hydrogens is 473 g/mol. The number of benzene rings is 2. The van der Waals surface area contributed by atoms with E-state index < -0.39 is 23.0 Å². The number of para-hydroxylation sites is 1. The smallest absolute Gasteiger partial charge is 0.441 e. The molecule has 1 amide bonds. The lowest BCUT2D eigenvalue weighted by atomic mass is 10.1. The summed E-state index contributed by atoms with van der Waals surface area (Å²) in [5.74, 6) is 0.177. The normalized spacial score (nSPS) is 16.8. The Morgan fingerprint density at radius 2 is 1.82 bits per heavy atom. The number of nitrogens with zero attached hydrogens (tertiary/aromatic N) is 3. The number of alkyl halides is 3. The van der Waals surface area contributed by atoms with Gasteiger partial charge in [0.05, 0.1) is 12.7 Å². The fraction of sp³-hybridized carbons (Fsp3) is 0.182. The third-order valence-corrected chi connectivity index (χ3v) is 5.50. The van der Waals surface area contributed by atoms with E-state index in [1.807, 2.05) is 30.3 Å². The minimum atomic E-state index is -4.70. The Morgan fingerprint density at radius 3 is 2.53 bits per heavy atom. The van der Waals surface area contributed by atoms with Crippen molar-refractivity contribution in [2.24, 2.45) is 10.1 Å². The van der Waals surface area contributed by atoms with Crippen LogP contribution < -0.4 is 14.2 Å². The highest BCUT2D eigenvalue weighted by Crippen LogP contribution is 2.36. The molecule has 2 heterocycles. The number of thioether (sulfide) groups is 1. The van der Waals surface area contributed by atoms with Crippen LogP contribution in [0.1, 0.15) is 5.56 Å². The molecule has 1 N–H and O–H groups in total. The van der Waals surface area contributed by atoms with E-state index in [0.717, 1.165) is 0 Å². The number of nitrogens with one attached hydrogen (secondary N) is 1. The Morgan fingerprint density at radius 1 is 1.09 bits per heavy atom. The summed E-state index contributed by atoms with van der Waals surface area (Å²) < 4.78 is 55.5. The van der Waals surface area contributed by atoms with E-state index in [1.165, 1.54) is 13.2 Å². The zero-order valence-electron chi connectivity index (χ0n) is 17.6. The van der Waals surface area contributed by atoms with Crippen LogP contribution in [0.5, 0.6) is 17.2 Å². The second-order valence-electron chi connectivity index (χ2n) is 6.84. The number of hydrazone groups is 1. The third-order valence-electron chi connectivity index (χ3n) is 4.55. The van der Waals surface area contributed by atoms with Crippen molar-refractivity contribution in [3.05, 3.63) is 59.7 Å². The van der Waals surface area contributed by atoms with Gasteiger partial charge in [0.2, 0.25) is 10.2 Å². The van der Waals surface area contributed by atoms with Gasteiger partial charge < -0.3 is 14.2 Å². The maximum absolute atomic E-state index is 13.0. The fourth-order valence-corrected chi connectivity index (χ4v) is 3.75. The molecule has 0 aromatic heterocycles. The van der Waals surface area contributed by atoms with Crippen LogP contribution in [0.4, 0.5) is 13.2 Å². The van der Waals surface area contributed by atoms with E-state index in [2.05, 4.69) is 10.1 Å². The zero-order chi connectivity index (χ0) is 24.3. The summed E-state index contributed by atoms with van der Waals surface area (Å²) in [5.41, 5.74) is 0.256. The van der Waals surface area contributed by atoms with Crippen molar-refractivity contribution in [1.29, 1.82) is 5.41 Å². The summed E-state index contributed by atoms with van der Waals surface area (Å²) in [6.45, 7) is 0.553. The Kier molecular flexibility index (Phi) is 6.59. The number of fused-ring (bicyclic) bond motifs is 1. The number of amidine groups is 2.